The summed E-state index contributed by atoms with van der Waals surface area (Å²) >= 11 is 4.81. The number of alkyl halides is 2. The van der Waals surface area contributed by atoms with E-state index in [2.05, 4.69) is 22.9 Å². The molecule has 10 heteroatoms. The van der Waals surface area contributed by atoms with E-state index >= 15 is 8.78 Å². The Morgan fingerprint density at radius 3 is 2.70 bits per heavy atom. The van der Waals surface area contributed by atoms with Crippen molar-refractivity contribution < 1.29 is 23.2 Å². The van der Waals surface area contributed by atoms with Crippen LogP contribution < -0.4 is 10.2 Å². The Bertz CT molecular complexity index is 1260. The Balaban J connectivity index is 1.67. The largest absolute Gasteiger partial charge is 0.309 e. The summed E-state index contributed by atoms with van der Waals surface area (Å²) in [5.41, 5.74) is 0.390. The molecule has 1 aromatic heterocycles. The van der Waals surface area contributed by atoms with Gasteiger partial charge in [-0.1, -0.05) is 12.1 Å². The molecule has 0 spiro atoms. The zero-order chi connectivity index (χ0) is 21.2. The number of aromatic nitrogens is 1. The molecule has 2 aliphatic heterocycles. The number of nitrogens with one attached hydrogen (secondary N) is 1. The number of carbonyl (C=O) groups is 3. The minimum atomic E-state index is -3.33. The topological polar surface area (TPSA) is 79.4 Å². The number of thiazole rings is 1. The van der Waals surface area contributed by atoms with Gasteiger partial charge >= 0.3 is 5.92 Å². The minimum Gasteiger partial charge on any atom is -0.295 e. The van der Waals surface area contributed by atoms with Crippen molar-refractivity contribution in [3.05, 3.63) is 52.5 Å². The molecule has 0 radical (unpaired) electrons. The van der Waals surface area contributed by atoms with Gasteiger partial charge in [-0.15, -0.1) is 24.0 Å². The van der Waals surface area contributed by atoms with Crippen LogP contribution >= 0.6 is 24.0 Å². The maximum Gasteiger partial charge on any atom is 0.309 e. The number of carbonyl (C=O) groups excluding carboxylic acids is 3. The normalized spacial score (nSPS) is 19.0. The number of imide groups is 1. The molecule has 152 valence electrons. The van der Waals surface area contributed by atoms with Crippen LogP contribution in [0.15, 0.2) is 40.9 Å². The molecule has 1 unspecified atom stereocenters. The van der Waals surface area contributed by atoms with Gasteiger partial charge in [0, 0.05) is 29.1 Å². The Morgan fingerprint density at radius 2 is 2.00 bits per heavy atom. The average molecular weight is 445 g/mol. The van der Waals surface area contributed by atoms with E-state index in [0.717, 1.165) is 17.5 Å². The van der Waals surface area contributed by atoms with E-state index in [1.807, 2.05) is 0 Å². The second-order valence-electron chi connectivity index (χ2n) is 7.08. The summed E-state index contributed by atoms with van der Waals surface area (Å²) in [5, 5.41) is 2.84. The fourth-order valence-electron chi connectivity index (χ4n) is 4.06. The molecule has 3 amide bonds. The van der Waals surface area contributed by atoms with E-state index in [9.17, 15) is 14.4 Å². The highest BCUT2D eigenvalue weighted by atomic mass is 32.2. The lowest BCUT2D eigenvalue weighted by Gasteiger charge is -2.30. The number of thiol groups is 1. The molecule has 0 bridgehead atoms. The Hall–Kier alpha value is -2.85. The first-order valence-corrected chi connectivity index (χ1v) is 10.3. The summed E-state index contributed by atoms with van der Waals surface area (Å²) in [6, 6.07) is 6.48. The molecule has 0 aliphatic carbocycles. The number of rotatable bonds is 3. The van der Waals surface area contributed by atoms with Gasteiger partial charge in [-0.05, 0) is 30.0 Å². The number of halogens is 2. The monoisotopic (exact) mass is 445 g/mol. The molecule has 1 N–H and O–H groups in total. The van der Waals surface area contributed by atoms with Crippen LogP contribution in [0.25, 0.3) is 10.8 Å². The minimum absolute atomic E-state index is 0.104. The number of hydrogen-bond acceptors (Lipinski definition) is 6. The number of anilines is 1. The molecule has 5 rings (SSSR count). The lowest BCUT2D eigenvalue weighted by molar-refractivity contribution is -0.134. The van der Waals surface area contributed by atoms with Crippen LogP contribution in [0.2, 0.25) is 0 Å². The van der Waals surface area contributed by atoms with E-state index in [1.54, 1.807) is 12.1 Å². The molecule has 1 saturated heterocycles. The molecule has 3 heterocycles. The number of amides is 3. The maximum absolute atomic E-state index is 15.3. The predicted octanol–water partition coefficient (Wildman–Crippen LogP) is 3.49. The van der Waals surface area contributed by atoms with Crippen LogP contribution in [0.4, 0.5) is 14.5 Å². The Labute approximate surface area is 178 Å². The summed E-state index contributed by atoms with van der Waals surface area (Å²) in [4.78, 5) is 41.8. The quantitative estimate of drug-likeness (QED) is 0.478. The number of benzene rings is 2. The first kappa shape index (κ1) is 19.1. The Kier molecular flexibility index (Phi) is 4.19. The maximum atomic E-state index is 15.3. The van der Waals surface area contributed by atoms with Gasteiger partial charge in [0.25, 0.3) is 5.91 Å². The van der Waals surface area contributed by atoms with Crippen LogP contribution in [0, 0.1) is 0 Å². The molecular weight excluding hydrogens is 432 g/mol. The van der Waals surface area contributed by atoms with E-state index < -0.39 is 29.7 Å². The Morgan fingerprint density at radius 1 is 1.20 bits per heavy atom. The fraction of sp³-hybridized carbons (Fsp3) is 0.200. The van der Waals surface area contributed by atoms with Gasteiger partial charge in [0.2, 0.25) is 11.8 Å². The summed E-state index contributed by atoms with van der Waals surface area (Å²) in [5.74, 6) is -4.74. The zero-order valence-electron chi connectivity index (χ0n) is 15.2. The average Bonchev–Trinajstić information content (AvgIpc) is 3.26. The standard InChI is InChI=1S/C20H13F2N3O3S2/c21-20(22,14-8-23-19(29)30-14)11-4-5-12-16-9(11)2-1-3-10(16)18(28)25(12)13-6-7-15(26)24-17(13)27/h1-5,8,13H,6-7H2,(H,23,29)(H,24,26,27). The highest BCUT2D eigenvalue weighted by molar-refractivity contribution is 7.82. The molecule has 6 nitrogen and oxygen atoms in total. The third kappa shape index (κ3) is 2.67. The van der Waals surface area contributed by atoms with Gasteiger partial charge in [-0.3, -0.25) is 24.6 Å². The van der Waals surface area contributed by atoms with Crippen LogP contribution in [0.1, 0.15) is 33.6 Å². The van der Waals surface area contributed by atoms with Crippen LogP contribution in [0.5, 0.6) is 0 Å². The lowest BCUT2D eigenvalue weighted by atomic mass is 9.96. The molecule has 2 aromatic carbocycles. The smallest absolute Gasteiger partial charge is 0.295 e. The second kappa shape index (κ2) is 6.58. The highest BCUT2D eigenvalue weighted by Gasteiger charge is 2.43. The summed E-state index contributed by atoms with van der Waals surface area (Å²) in [7, 11) is 0. The molecule has 2 aliphatic rings. The van der Waals surface area contributed by atoms with Crippen molar-refractivity contribution in [3.8, 4) is 0 Å². The number of hydrogen-bond donors (Lipinski definition) is 2. The van der Waals surface area contributed by atoms with E-state index in [-0.39, 0.29) is 38.6 Å². The van der Waals surface area contributed by atoms with E-state index in [0.29, 0.717) is 11.1 Å². The van der Waals surface area contributed by atoms with Gasteiger partial charge in [-0.25, -0.2) is 4.98 Å². The molecule has 30 heavy (non-hydrogen) atoms. The first-order valence-electron chi connectivity index (χ1n) is 9.05. The third-order valence-corrected chi connectivity index (χ3v) is 6.65. The van der Waals surface area contributed by atoms with Crippen LogP contribution in [0.3, 0.4) is 0 Å². The summed E-state index contributed by atoms with van der Waals surface area (Å²) < 4.78 is 30.8. The molecule has 1 atom stereocenters. The van der Waals surface area contributed by atoms with Gasteiger partial charge in [0.1, 0.15) is 10.4 Å². The fourth-order valence-corrected chi connectivity index (χ4v) is 5.06. The predicted molar refractivity (Wildman–Crippen MR) is 109 cm³/mol. The third-order valence-electron chi connectivity index (χ3n) is 5.39. The second-order valence-corrected chi connectivity index (χ2v) is 8.84. The van der Waals surface area contributed by atoms with Gasteiger partial charge in [-0.2, -0.15) is 8.78 Å². The lowest BCUT2D eigenvalue weighted by Crippen LogP contribution is -2.53. The van der Waals surface area contributed by atoms with Crippen molar-refractivity contribution >= 4 is 58.1 Å². The van der Waals surface area contributed by atoms with Crippen LogP contribution in [-0.2, 0) is 15.5 Å². The van der Waals surface area contributed by atoms with E-state index in [4.69, 9.17) is 0 Å². The SMILES string of the molecule is O=C1CCC(N2C(=O)c3cccc4c(C(F)(F)c5cnc(S)s5)ccc2c34)C(=O)N1. The van der Waals surface area contributed by atoms with Gasteiger partial charge < -0.3 is 0 Å². The van der Waals surface area contributed by atoms with Crippen LogP contribution in [-0.4, -0.2) is 28.7 Å². The van der Waals surface area contributed by atoms with Crippen molar-refractivity contribution in [2.75, 3.05) is 4.90 Å². The first-order chi connectivity index (χ1) is 14.3. The van der Waals surface area contributed by atoms with Gasteiger partial charge in [0.15, 0.2) is 0 Å². The molecule has 3 aromatic rings. The van der Waals surface area contributed by atoms with Crippen molar-refractivity contribution in [3.63, 3.8) is 0 Å². The molecule has 0 saturated carbocycles. The van der Waals surface area contributed by atoms with Gasteiger partial charge in [0.05, 0.1) is 10.6 Å². The van der Waals surface area contributed by atoms with Crippen molar-refractivity contribution in [2.24, 2.45) is 0 Å². The summed E-state index contributed by atoms with van der Waals surface area (Å²) in [6.07, 6.45) is 1.37. The van der Waals surface area contributed by atoms with E-state index in [1.165, 1.54) is 23.1 Å². The zero-order valence-corrected chi connectivity index (χ0v) is 16.9. The van der Waals surface area contributed by atoms with Crippen molar-refractivity contribution in [1.82, 2.24) is 10.3 Å². The van der Waals surface area contributed by atoms with Crippen molar-refractivity contribution in [1.29, 1.82) is 0 Å². The molecule has 1 fully saturated rings. The highest BCUT2D eigenvalue weighted by Crippen LogP contribution is 2.47. The molecular formula is C20H13F2N3O3S2. The summed E-state index contributed by atoms with van der Waals surface area (Å²) in [6.45, 7) is 0. The number of nitrogens with zero attached hydrogens (tertiary/aromatic N) is 2. The number of piperidine rings is 1. The van der Waals surface area contributed by atoms with Crippen molar-refractivity contribution in [2.45, 2.75) is 29.1 Å².